The van der Waals surface area contributed by atoms with Crippen LogP contribution in [-0.2, 0) is 6.54 Å². The number of hydrogen-bond donors (Lipinski definition) is 1. The molecule has 1 N–H and O–H groups in total. The number of halogens is 1. The van der Waals surface area contributed by atoms with E-state index in [0.717, 1.165) is 54.9 Å². The minimum absolute atomic E-state index is 0.329. The number of phenols is 1. The quantitative estimate of drug-likeness (QED) is 0.614. The molecular weight excluding hydrogens is 368 g/mol. The standard InChI is InChI=1S/C18H31BrN4O/c1-6-23(10-9-22(4)5)14-16-12-17(19)11-15(18(16)24)13-20-7-8-21(2)3/h11-13,24H,6-10,14H2,1-5H3. The number of nitrogens with zero attached hydrogens (tertiary/aromatic N) is 4. The molecule has 1 aromatic carbocycles. The van der Waals surface area contributed by atoms with E-state index in [1.165, 1.54) is 0 Å². The lowest BCUT2D eigenvalue weighted by Crippen LogP contribution is -2.31. The maximum Gasteiger partial charge on any atom is 0.128 e. The largest absolute Gasteiger partial charge is 0.507 e. The van der Waals surface area contributed by atoms with Crippen molar-refractivity contribution in [2.45, 2.75) is 13.5 Å². The monoisotopic (exact) mass is 398 g/mol. The van der Waals surface area contributed by atoms with Crippen molar-refractivity contribution in [1.29, 1.82) is 0 Å². The van der Waals surface area contributed by atoms with E-state index in [2.05, 4.69) is 56.6 Å². The zero-order valence-electron chi connectivity index (χ0n) is 15.6. The van der Waals surface area contributed by atoms with E-state index in [-0.39, 0.29) is 0 Å². The fourth-order valence-electron chi connectivity index (χ4n) is 2.25. The molecule has 5 nitrogen and oxygen atoms in total. The summed E-state index contributed by atoms with van der Waals surface area (Å²) in [6.07, 6.45) is 1.77. The summed E-state index contributed by atoms with van der Waals surface area (Å²) in [4.78, 5) is 11.0. The van der Waals surface area contributed by atoms with Crippen molar-refractivity contribution in [3.8, 4) is 5.75 Å². The van der Waals surface area contributed by atoms with Gasteiger partial charge in [0.25, 0.3) is 0 Å². The van der Waals surface area contributed by atoms with Crippen LogP contribution in [0.25, 0.3) is 0 Å². The molecule has 0 heterocycles. The van der Waals surface area contributed by atoms with Crippen molar-refractivity contribution < 1.29 is 5.11 Å². The number of phenolic OH excluding ortho intramolecular Hbond substituents is 1. The van der Waals surface area contributed by atoms with Gasteiger partial charge in [-0.15, -0.1) is 0 Å². The Morgan fingerprint density at radius 2 is 1.75 bits per heavy atom. The summed E-state index contributed by atoms with van der Waals surface area (Å²) in [5.74, 6) is 0.329. The first-order valence-corrected chi connectivity index (χ1v) is 9.15. The highest BCUT2D eigenvalue weighted by atomic mass is 79.9. The van der Waals surface area contributed by atoms with Crippen molar-refractivity contribution in [2.24, 2.45) is 4.99 Å². The topological polar surface area (TPSA) is 42.3 Å². The van der Waals surface area contributed by atoms with Crippen LogP contribution in [0.15, 0.2) is 21.6 Å². The summed E-state index contributed by atoms with van der Waals surface area (Å²) < 4.78 is 0.966. The van der Waals surface area contributed by atoms with Gasteiger partial charge in [0.2, 0.25) is 0 Å². The molecule has 136 valence electrons. The van der Waals surface area contributed by atoms with Crippen LogP contribution in [0.5, 0.6) is 5.75 Å². The Bertz CT molecular complexity index is 532. The molecule has 1 aromatic rings. The molecule has 0 spiro atoms. The summed E-state index contributed by atoms with van der Waals surface area (Å²) in [5, 5.41) is 10.6. The van der Waals surface area contributed by atoms with Gasteiger partial charge in [-0.2, -0.15) is 0 Å². The Balaban J connectivity index is 2.83. The molecule has 0 aliphatic rings. The van der Waals surface area contributed by atoms with Gasteiger partial charge in [0.1, 0.15) is 5.75 Å². The summed E-state index contributed by atoms with van der Waals surface area (Å²) >= 11 is 3.55. The Morgan fingerprint density at radius 3 is 2.33 bits per heavy atom. The number of hydrogen-bond acceptors (Lipinski definition) is 5. The molecule has 1 rings (SSSR count). The molecule has 0 aliphatic carbocycles. The lowest BCUT2D eigenvalue weighted by molar-refractivity contribution is 0.241. The summed E-state index contributed by atoms with van der Waals surface area (Å²) in [7, 11) is 8.20. The minimum atomic E-state index is 0.329. The van der Waals surface area contributed by atoms with Gasteiger partial charge in [0.15, 0.2) is 0 Å². The third-order valence-corrected chi connectivity index (χ3v) is 4.25. The zero-order valence-corrected chi connectivity index (χ0v) is 17.2. The van der Waals surface area contributed by atoms with Crippen LogP contribution in [0.4, 0.5) is 0 Å². The predicted molar refractivity (Wildman–Crippen MR) is 106 cm³/mol. The van der Waals surface area contributed by atoms with Crippen LogP contribution in [0.2, 0.25) is 0 Å². The van der Waals surface area contributed by atoms with E-state index < -0.39 is 0 Å². The second-order valence-corrected chi connectivity index (χ2v) is 7.43. The molecule has 0 fully saturated rings. The van der Waals surface area contributed by atoms with Crippen LogP contribution in [0.3, 0.4) is 0 Å². The van der Waals surface area contributed by atoms with Gasteiger partial charge in [0.05, 0.1) is 6.54 Å². The van der Waals surface area contributed by atoms with Crippen molar-refractivity contribution in [3.63, 3.8) is 0 Å². The lowest BCUT2D eigenvalue weighted by atomic mass is 10.1. The van der Waals surface area contributed by atoms with Gasteiger partial charge in [-0.05, 0) is 46.9 Å². The van der Waals surface area contributed by atoms with Gasteiger partial charge < -0.3 is 14.9 Å². The molecular formula is C18H31BrN4O. The Morgan fingerprint density at radius 1 is 1.08 bits per heavy atom. The highest BCUT2D eigenvalue weighted by Gasteiger charge is 2.12. The molecule has 0 aliphatic heterocycles. The van der Waals surface area contributed by atoms with E-state index >= 15 is 0 Å². The Labute approximate surface area is 155 Å². The molecule has 0 aromatic heterocycles. The molecule has 0 atom stereocenters. The second kappa shape index (κ2) is 10.8. The number of benzene rings is 1. The number of likely N-dealkylation sites (N-methyl/N-ethyl adjacent to an activating group) is 3. The predicted octanol–water partition coefficient (Wildman–Crippen LogP) is 2.52. The first kappa shape index (κ1) is 21.1. The normalized spacial score (nSPS) is 12.2. The fraction of sp³-hybridized carbons (Fsp3) is 0.611. The number of rotatable bonds is 10. The van der Waals surface area contributed by atoms with Crippen molar-refractivity contribution in [1.82, 2.24) is 14.7 Å². The third-order valence-electron chi connectivity index (χ3n) is 3.79. The molecule has 0 radical (unpaired) electrons. The Kier molecular flexibility index (Phi) is 9.51. The lowest BCUT2D eigenvalue weighted by Gasteiger charge is -2.23. The van der Waals surface area contributed by atoms with Gasteiger partial charge in [-0.1, -0.05) is 22.9 Å². The van der Waals surface area contributed by atoms with E-state index in [1.54, 1.807) is 6.21 Å². The summed E-state index contributed by atoms with van der Waals surface area (Å²) in [5.41, 5.74) is 1.70. The Hall–Kier alpha value is -0.950. The van der Waals surface area contributed by atoms with E-state index in [9.17, 15) is 5.11 Å². The molecule has 24 heavy (non-hydrogen) atoms. The summed E-state index contributed by atoms with van der Waals surface area (Å²) in [6.45, 7) is 7.42. The first-order valence-electron chi connectivity index (χ1n) is 8.36. The second-order valence-electron chi connectivity index (χ2n) is 6.51. The summed E-state index contributed by atoms with van der Waals surface area (Å²) in [6, 6.07) is 3.90. The van der Waals surface area contributed by atoms with Crippen LogP contribution in [0.1, 0.15) is 18.1 Å². The zero-order chi connectivity index (χ0) is 18.1. The molecule has 0 unspecified atom stereocenters. The van der Waals surface area contributed by atoms with E-state index in [0.29, 0.717) is 5.75 Å². The average molecular weight is 399 g/mol. The fourth-order valence-corrected chi connectivity index (χ4v) is 2.77. The SMILES string of the molecule is CCN(CCN(C)C)Cc1cc(Br)cc(C=NCCN(C)C)c1O. The molecule has 6 heteroatoms. The van der Waals surface area contributed by atoms with Gasteiger partial charge >= 0.3 is 0 Å². The van der Waals surface area contributed by atoms with E-state index in [1.807, 2.05) is 26.2 Å². The van der Waals surface area contributed by atoms with Crippen LogP contribution in [0, 0.1) is 0 Å². The van der Waals surface area contributed by atoms with Crippen LogP contribution >= 0.6 is 15.9 Å². The number of aromatic hydroxyl groups is 1. The van der Waals surface area contributed by atoms with Crippen LogP contribution in [-0.4, -0.2) is 86.9 Å². The smallest absolute Gasteiger partial charge is 0.128 e. The van der Waals surface area contributed by atoms with Gasteiger partial charge in [-0.3, -0.25) is 9.89 Å². The van der Waals surface area contributed by atoms with Gasteiger partial charge in [-0.25, -0.2) is 0 Å². The first-order chi connectivity index (χ1) is 11.3. The minimum Gasteiger partial charge on any atom is -0.507 e. The maximum absolute atomic E-state index is 10.6. The van der Waals surface area contributed by atoms with Crippen molar-refractivity contribution in [3.05, 3.63) is 27.7 Å². The molecule has 0 saturated carbocycles. The van der Waals surface area contributed by atoms with Crippen molar-refractivity contribution >= 4 is 22.1 Å². The highest BCUT2D eigenvalue weighted by Crippen LogP contribution is 2.27. The third kappa shape index (κ3) is 7.75. The van der Waals surface area contributed by atoms with E-state index in [4.69, 9.17) is 0 Å². The molecule has 0 bridgehead atoms. The van der Waals surface area contributed by atoms with Crippen molar-refractivity contribution in [2.75, 3.05) is 60.9 Å². The highest BCUT2D eigenvalue weighted by molar-refractivity contribution is 9.10. The number of aliphatic imine (C=N–C) groups is 1. The van der Waals surface area contributed by atoms with Gasteiger partial charge in [0, 0.05) is 48.0 Å². The average Bonchev–Trinajstić information content (AvgIpc) is 2.51. The molecule has 0 saturated heterocycles. The maximum atomic E-state index is 10.6. The molecule has 0 amide bonds. The van der Waals surface area contributed by atoms with Crippen LogP contribution < -0.4 is 0 Å².